The summed E-state index contributed by atoms with van der Waals surface area (Å²) in [5.41, 5.74) is 2.80. The molecular formula is C19H19N3O3S. The molecule has 0 spiro atoms. The molecule has 3 rings (SSSR count). The average Bonchev–Trinajstić information content (AvgIpc) is 3.05. The summed E-state index contributed by atoms with van der Waals surface area (Å²) in [6.45, 7) is 0.0577. The molecule has 134 valence electrons. The molecule has 1 aliphatic carbocycles. The molecule has 2 aromatic carbocycles. The van der Waals surface area contributed by atoms with Crippen LogP contribution in [0.25, 0.3) is 0 Å². The Bertz CT molecular complexity index is 947. The average molecular weight is 369 g/mol. The van der Waals surface area contributed by atoms with E-state index in [2.05, 4.69) is 16.1 Å². The Labute approximate surface area is 152 Å². The summed E-state index contributed by atoms with van der Waals surface area (Å²) in [4.78, 5) is 12.5. The fraction of sp³-hybridized carbons (Fsp3) is 0.263. The Morgan fingerprint density at radius 3 is 2.62 bits per heavy atom. The summed E-state index contributed by atoms with van der Waals surface area (Å²) >= 11 is 0. The van der Waals surface area contributed by atoms with Crippen LogP contribution < -0.4 is 10.0 Å². The predicted molar refractivity (Wildman–Crippen MR) is 96.8 cm³/mol. The molecular weight excluding hydrogens is 350 g/mol. The monoisotopic (exact) mass is 369 g/mol. The SMILES string of the molecule is N#CCCNS(=O)(=O)c1ccc(C(=O)N[C@H]2CCc3ccccc32)cc1. The zero-order chi connectivity index (χ0) is 18.6. The van der Waals surface area contributed by atoms with Crippen molar-refractivity contribution in [2.75, 3.05) is 6.54 Å². The van der Waals surface area contributed by atoms with Gasteiger partial charge in [-0.25, -0.2) is 13.1 Å². The maximum absolute atomic E-state index is 12.5. The molecule has 0 aromatic heterocycles. The van der Waals surface area contributed by atoms with Crippen molar-refractivity contribution in [1.29, 1.82) is 5.26 Å². The first kappa shape index (κ1) is 18.1. The number of fused-ring (bicyclic) bond motifs is 1. The highest BCUT2D eigenvalue weighted by Gasteiger charge is 2.24. The van der Waals surface area contributed by atoms with Crippen LogP contribution in [-0.2, 0) is 16.4 Å². The van der Waals surface area contributed by atoms with Gasteiger partial charge in [0.1, 0.15) is 0 Å². The lowest BCUT2D eigenvalue weighted by molar-refractivity contribution is 0.0936. The number of carbonyl (C=O) groups is 1. The van der Waals surface area contributed by atoms with Crippen LogP contribution in [0.4, 0.5) is 0 Å². The smallest absolute Gasteiger partial charge is 0.251 e. The second-order valence-electron chi connectivity index (χ2n) is 6.09. The minimum atomic E-state index is -3.67. The third-order valence-corrected chi connectivity index (χ3v) is 5.87. The molecule has 0 unspecified atom stereocenters. The van der Waals surface area contributed by atoms with Crippen LogP contribution in [0.5, 0.6) is 0 Å². The van der Waals surface area contributed by atoms with E-state index in [9.17, 15) is 13.2 Å². The van der Waals surface area contributed by atoms with Crippen LogP contribution in [0, 0.1) is 11.3 Å². The highest BCUT2D eigenvalue weighted by atomic mass is 32.2. The number of nitrogens with zero attached hydrogens (tertiary/aromatic N) is 1. The lowest BCUT2D eigenvalue weighted by Crippen LogP contribution is -2.27. The third kappa shape index (κ3) is 3.93. The molecule has 0 radical (unpaired) electrons. The minimum Gasteiger partial charge on any atom is -0.345 e. The van der Waals surface area contributed by atoms with E-state index in [0.717, 1.165) is 18.4 Å². The summed E-state index contributed by atoms with van der Waals surface area (Å²) < 4.78 is 26.5. The van der Waals surface area contributed by atoms with Crippen molar-refractivity contribution < 1.29 is 13.2 Å². The molecule has 0 aliphatic heterocycles. The zero-order valence-corrected chi connectivity index (χ0v) is 14.9. The van der Waals surface area contributed by atoms with Crippen molar-refractivity contribution in [2.24, 2.45) is 0 Å². The largest absolute Gasteiger partial charge is 0.345 e. The fourth-order valence-electron chi connectivity index (χ4n) is 3.06. The van der Waals surface area contributed by atoms with E-state index >= 15 is 0 Å². The van der Waals surface area contributed by atoms with Crippen LogP contribution in [0.15, 0.2) is 53.4 Å². The normalized spacial score (nSPS) is 15.9. The van der Waals surface area contributed by atoms with E-state index in [0.29, 0.717) is 5.56 Å². The Morgan fingerprint density at radius 2 is 1.88 bits per heavy atom. The predicted octanol–water partition coefficient (Wildman–Crippen LogP) is 2.30. The van der Waals surface area contributed by atoms with Crippen molar-refractivity contribution in [3.63, 3.8) is 0 Å². The number of carbonyl (C=O) groups excluding carboxylic acids is 1. The van der Waals surface area contributed by atoms with E-state index in [1.807, 2.05) is 24.3 Å². The van der Waals surface area contributed by atoms with E-state index in [1.54, 1.807) is 0 Å². The Morgan fingerprint density at radius 1 is 1.15 bits per heavy atom. The summed E-state index contributed by atoms with van der Waals surface area (Å²) in [6.07, 6.45) is 1.90. The molecule has 6 nitrogen and oxygen atoms in total. The van der Waals surface area contributed by atoms with Gasteiger partial charge in [-0.15, -0.1) is 0 Å². The van der Waals surface area contributed by atoms with Gasteiger partial charge in [-0.3, -0.25) is 4.79 Å². The van der Waals surface area contributed by atoms with Gasteiger partial charge < -0.3 is 5.32 Å². The van der Waals surface area contributed by atoms with Crippen molar-refractivity contribution >= 4 is 15.9 Å². The Kier molecular flexibility index (Phi) is 5.35. The number of nitrogens with one attached hydrogen (secondary N) is 2. The molecule has 1 atom stereocenters. The molecule has 0 fully saturated rings. The molecule has 0 bridgehead atoms. The number of amides is 1. The van der Waals surface area contributed by atoms with Crippen molar-refractivity contribution in [2.45, 2.75) is 30.2 Å². The summed E-state index contributed by atoms with van der Waals surface area (Å²) in [5.74, 6) is -0.229. The minimum absolute atomic E-state index is 0.0187. The van der Waals surface area contributed by atoms with E-state index in [-0.39, 0.29) is 29.8 Å². The highest BCUT2D eigenvalue weighted by molar-refractivity contribution is 7.89. The van der Waals surface area contributed by atoms with Crippen LogP contribution >= 0.6 is 0 Å². The van der Waals surface area contributed by atoms with Crippen LogP contribution in [0.3, 0.4) is 0 Å². The summed E-state index contributed by atoms with van der Waals surface area (Å²) in [7, 11) is -3.67. The summed E-state index contributed by atoms with van der Waals surface area (Å²) in [5, 5.41) is 11.5. The molecule has 7 heteroatoms. The van der Waals surface area contributed by atoms with Crippen LogP contribution in [0.1, 0.15) is 40.4 Å². The first-order valence-electron chi connectivity index (χ1n) is 8.36. The van der Waals surface area contributed by atoms with Gasteiger partial charge >= 0.3 is 0 Å². The molecule has 2 aromatic rings. The number of rotatable bonds is 6. The molecule has 2 N–H and O–H groups in total. The fourth-order valence-corrected chi connectivity index (χ4v) is 4.09. The van der Waals surface area contributed by atoms with Gasteiger partial charge in [0, 0.05) is 18.5 Å². The van der Waals surface area contributed by atoms with Gasteiger partial charge in [-0.1, -0.05) is 24.3 Å². The van der Waals surface area contributed by atoms with Crippen molar-refractivity contribution in [1.82, 2.24) is 10.0 Å². The van der Waals surface area contributed by atoms with Gasteiger partial charge in [0.15, 0.2) is 0 Å². The van der Waals surface area contributed by atoms with Crippen molar-refractivity contribution in [3.05, 3.63) is 65.2 Å². The van der Waals surface area contributed by atoms with Gasteiger partial charge in [-0.05, 0) is 48.2 Å². The first-order chi connectivity index (χ1) is 12.5. The Balaban J connectivity index is 1.67. The van der Waals surface area contributed by atoms with Gasteiger partial charge in [0.25, 0.3) is 5.91 Å². The lowest BCUT2D eigenvalue weighted by atomic mass is 10.1. The van der Waals surface area contributed by atoms with Crippen LogP contribution in [-0.4, -0.2) is 20.9 Å². The quantitative estimate of drug-likeness (QED) is 0.763. The second kappa shape index (κ2) is 7.68. The van der Waals surface area contributed by atoms with Gasteiger partial charge in [0.05, 0.1) is 17.0 Å². The maximum atomic E-state index is 12.5. The van der Waals surface area contributed by atoms with E-state index in [4.69, 9.17) is 5.26 Å². The number of benzene rings is 2. The molecule has 1 aliphatic rings. The van der Waals surface area contributed by atoms with E-state index < -0.39 is 10.0 Å². The molecule has 26 heavy (non-hydrogen) atoms. The first-order valence-corrected chi connectivity index (χ1v) is 9.85. The molecule has 0 heterocycles. The number of hydrogen-bond acceptors (Lipinski definition) is 4. The number of hydrogen-bond donors (Lipinski definition) is 2. The van der Waals surface area contributed by atoms with Gasteiger partial charge in [0.2, 0.25) is 10.0 Å². The van der Waals surface area contributed by atoms with Gasteiger partial charge in [-0.2, -0.15) is 5.26 Å². The summed E-state index contributed by atoms with van der Waals surface area (Å²) in [6, 6.07) is 15.7. The third-order valence-electron chi connectivity index (χ3n) is 4.39. The number of aryl methyl sites for hydroxylation is 1. The standard InChI is InChI=1S/C19H19N3O3S/c20-12-3-13-21-26(24,25)16-9-6-15(7-10-16)19(23)22-18-11-8-14-4-1-2-5-17(14)18/h1-2,4-7,9-10,18,21H,3,8,11,13H2,(H,22,23)/t18-/m0/s1. The maximum Gasteiger partial charge on any atom is 0.251 e. The van der Waals surface area contributed by atoms with Crippen molar-refractivity contribution in [3.8, 4) is 6.07 Å². The zero-order valence-electron chi connectivity index (χ0n) is 14.1. The molecule has 0 saturated heterocycles. The topological polar surface area (TPSA) is 99.1 Å². The van der Waals surface area contributed by atoms with Crippen LogP contribution in [0.2, 0.25) is 0 Å². The number of nitriles is 1. The lowest BCUT2D eigenvalue weighted by Gasteiger charge is -2.14. The Hall–Kier alpha value is -2.69. The number of sulfonamides is 1. The second-order valence-corrected chi connectivity index (χ2v) is 7.86. The highest BCUT2D eigenvalue weighted by Crippen LogP contribution is 2.30. The van der Waals surface area contributed by atoms with E-state index in [1.165, 1.54) is 29.8 Å². The molecule has 0 saturated carbocycles. The molecule has 1 amide bonds.